The fourth-order valence-electron chi connectivity index (χ4n) is 4.06. The summed E-state index contributed by atoms with van der Waals surface area (Å²) in [6.07, 6.45) is 6.54. The van der Waals surface area contributed by atoms with Crippen LogP contribution in [0, 0.1) is 6.92 Å². The third kappa shape index (κ3) is 4.91. The zero-order valence-corrected chi connectivity index (χ0v) is 18.2. The van der Waals surface area contributed by atoms with Crippen LogP contribution < -0.4 is 10.1 Å². The van der Waals surface area contributed by atoms with Crippen LogP contribution in [0.4, 0.5) is 0 Å². The van der Waals surface area contributed by atoms with E-state index in [4.69, 9.17) is 4.74 Å². The SMILES string of the molecule is COc1ncc(CN2CC[C@H](c3c(CNC(C)=O)cnn3-c3ccc(C)cc3)C2)cn1. The first-order valence-corrected chi connectivity index (χ1v) is 10.5. The first-order chi connectivity index (χ1) is 15.0. The van der Waals surface area contributed by atoms with Crippen molar-refractivity contribution in [3.8, 4) is 11.7 Å². The number of nitrogens with one attached hydrogen (secondary N) is 1. The molecule has 0 radical (unpaired) electrons. The summed E-state index contributed by atoms with van der Waals surface area (Å²) in [6.45, 7) is 6.79. The van der Waals surface area contributed by atoms with Crippen molar-refractivity contribution in [1.82, 2.24) is 30.0 Å². The number of carbonyl (C=O) groups is 1. The zero-order chi connectivity index (χ0) is 21.8. The monoisotopic (exact) mass is 420 g/mol. The lowest BCUT2D eigenvalue weighted by molar-refractivity contribution is -0.119. The normalized spacial score (nSPS) is 16.4. The second-order valence-corrected chi connectivity index (χ2v) is 8.01. The summed E-state index contributed by atoms with van der Waals surface area (Å²) in [5.41, 5.74) is 5.55. The first-order valence-electron chi connectivity index (χ1n) is 10.5. The van der Waals surface area contributed by atoms with E-state index in [0.29, 0.717) is 18.5 Å². The second-order valence-electron chi connectivity index (χ2n) is 8.01. The molecule has 1 aliphatic rings. The minimum atomic E-state index is -0.0402. The summed E-state index contributed by atoms with van der Waals surface area (Å²) in [4.78, 5) is 22.3. The molecule has 1 aromatic carbocycles. The van der Waals surface area contributed by atoms with E-state index in [2.05, 4.69) is 56.5 Å². The molecule has 1 atom stereocenters. The molecule has 0 spiro atoms. The highest BCUT2D eigenvalue weighted by atomic mass is 16.5. The Balaban J connectivity index is 1.55. The molecule has 162 valence electrons. The average molecular weight is 421 g/mol. The molecule has 1 N–H and O–H groups in total. The molecule has 0 bridgehead atoms. The number of methoxy groups -OCH3 is 1. The van der Waals surface area contributed by atoms with Crippen molar-refractivity contribution in [2.75, 3.05) is 20.2 Å². The molecule has 8 nitrogen and oxygen atoms in total. The van der Waals surface area contributed by atoms with Gasteiger partial charge in [0.25, 0.3) is 0 Å². The van der Waals surface area contributed by atoms with E-state index in [1.165, 1.54) is 18.2 Å². The number of ether oxygens (including phenoxy) is 1. The highest BCUT2D eigenvalue weighted by Gasteiger charge is 2.29. The number of hydrogen-bond donors (Lipinski definition) is 1. The Bertz CT molecular complexity index is 1030. The summed E-state index contributed by atoms with van der Waals surface area (Å²) < 4.78 is 7.07. The van der Waals surface area contributed by atoms with Gasteiger partial charge in [-0.2, -0.15) is 5.10 Å². The maximum atomic E-state index is 11.5. The lowest BCUT2D eigenvalue weighted by atomic mass is 10.00. The van der Waals surface area contributed by atoms with Gasteiger partial charge in [-0.05, 0) is 32.0 Å². The number of nitrogens with zero attached hydrogens (tertiary/aromatic N) is 5. The number of carbonyl (C=O) groups excluding carboxylic acids is 1. The molecule has 31 heavy (non-hydrogen) atoms. The molecule has 1 amide bonds. The number of amides is 1. The van der Waals surface area contributed by atoms with Crippen LogP contribution in [0.3, 0.4) is 0 Å². The van der Waals surface area contributed by atoms with Gasteiger partial charge in [-0.1, -0.05) is 17.7 Å². The molecule has 2 aromatic heterocycles. The molecule has 0 saturated carbocycles. The largest absolute Gasteiger partial charge is 0.467 e. The predicted octanol–water partition coefficient (Wildman–Crippen LogP) is 2.60. The van der Waals surface area contributed by atoms with Gasteiger partial charge < -0.3 is 10.1 Å². The van der Waals surface area contributed by atoms with E-state index in [-0.39, 0.29) is 5.91 Å². The Hall–Kier alpha value is -3.26. The van der Waals surface area contributed by atoms with Crippen LogP contribution in [0.1, 0.15) is 41.6 Å². The number of aromatic nitrogens is 4. The van der Waals surface area contributed by atoms with Crippen LogP contribution in [0.25, 0.3) is 5.69 Å². The fraction of sp³-hybridized carbons (Fsp3) is 0.391. The van der Waals surface area contributed by atoms with Gasteiger partial charge in [0.1, 0.15) is 0 Å². The summed E-state index contributed by atoms with van der Waals surface area (Å²) >= 11 is 0. The van der Waals surface area contributed by atoms with Crippen molar-refractivity contribution in [3.63, 3.8) is 0 Å². The van der Waals surface area contributed by atoms with Gasteiger partial charge in [0, 0.05) is 56.0 Å². The maximum absolute atomic E-state index is 11.5. The summed E-state index contributed by atoms with van der Waals surface area (Å²) in [5.74, 6) is 0.285. The van der Waals surface area contributed by atoms with Gasteiger partial charge in [0.15, 0.2) is 0 Å². The number of rotatable bonds is 7. The summed E-state index contributed by atoms with van der Waals surface area (Å²) in [7, 11) is 1.57. The Kier molecular flexibility index (Phi) is 6.27. The van der Waals surface area contributed by atoms with Crippen LogP contribution >= 0.6 is 0 Å². The van der Waals surface area contributed by atoms with E-state index >= 15 is 0 Å². The van der Waals surface area contributed by atoms with Crippen LogP contribution in [0.15, 0.2) is 42.9 Å². The smallest absolute Gasteiger partial charge is 0.316 e. The molecule has 1 aliphatic heterocycles. The molecule has 3 heterocycles. The van der Waals surface area contributed by atoms with Gasteiger partial charge in [-0.25, -0.2) is 14.6 Å². The van der Waals surface area contributed by atoms with Crippen molar-refractivity contribution in [2.45, 2.75) is 39.3 Å². The van der Waals surface area contributed by atoms with Crippen molar-refractivity contribution in [3.05, 3.63) is 65.2 Å². The van der Waals surface area contributed by atoms with Crippen LogP contribution in [-0.4, -0.2) is 50.8 Å². The maximum Gasteiger partial charge on any atom is 0.316 e. The van der Waals surface area contributed by atoms with Crippen molar-refractivity contribution >= 4 is 5.91 Å². The predicted molar refractivity (Wildman–Crippen MR) is 117 cm³/mol. The Labute approximate surface area is 182 Å². The summed E-state index contributed by atoms with van der Waals surface area (Å²) in [5, 5.41) is 7.61. The van der Waals surface area contributed by atoms with E-state index < -0.39 is 0 Å². The van der Waals surface area contributed by atoms with E-state index in [1.807, 2.05) is 23.3 Å². The number of hydrogen-bond acceptors (Lipinski definition) is 6. The molecule has 8 heteroatoms. The molecular formula is C23H28N6O2. The number of benzene rings is 1. The highest BCUT2D eigenvalue weighted by molar-refractivity contribution is 5.72. The van der Waals surface area contributed by atoms with Crippen molar-refractivity contribution < 1.29 is 9.53 Å². The molecule has 4 rings (SSSR count). The molecule has 0 unspecified atom stereocenters. The van der Waals surface area contributed by atoms with E-state index in [1.54, 1.807) is 7.11 Å². The quantitative estimate of drug-likeness (QED) is 0.632. The van der Waals surface area contributed by atoms with Crippen molar-refractivity contribution in [2.24, 2.45) is 0 Å². The third-order valence-corrected chi connectivity index (χ3v) is 5.62. The molecule has 1 saturated heterocycles. The van der Waals surface area contributed by atoms with Gasteiger partial charge in [0.2, 0.25) is 5.91 Å². The van der Waals surface area contributed by atoms with E-state index in [0.717, 1.165) is 42.9 Å². The Morgan fingerprint density at radius 3 is 2.61 bits per heavy atom. The molecular weight excluding hydrogens is 392 g/mol. The van der Waals surface area contributed by atoms with Gasteiger partial charge >= 0.3 is 6.01 Å². The summed E-state index contributed by atoms with van der Waals surface area (Å²) in [6, 6.07) is 8.76. The minimum absolute atomic E-state index is 0.0402. The number of aryl methyl sites for hydroxylation is 1. The Morgan fingerprint density at radius 1 is 1.19 bits per heavy atom. The highest BCUT2D eigenvalue weighted by Crippen LogP contribution is 2.32. The van der Waals surface area contributed by atoms with Crippen LogP contribution in [0.5, 0.6) is 6.01 Å². The van der Waals surface area contributed by atoms with Gasteiger partial charge in [-0.3, -0.25) is 9.69 Å². The molecule has 3 aromatic rings. The van der Waals surface area contributed by atoms with Gasteiger partial charge in [0.05, 0.1) is 24.7 Å². The standard InChI is InChI=1S/C23H28N6O2/c1-16-4-6-21(7-5-16)29-22(20(13-27-29)12-24-17(2)30)19-8-9-28(15-19)14-18-10-25-23(31-3)26-11-18/h4-7,10-11,13,19H,8-9,12,14-15H2,1-3H3,(H,24,30)/t19-/m0/s1. The average Bonchev–Trinajstić information content (AvgIpc) is 3.40. The van der Waals surface area contributed by atoms with Gasteiger partial charge in [-0.15, -0.1) is 0 Å². The minimum Gasteiger partial charge on any atom is -0.467 e. The lowest BCUT2D eigenvalue weighted by Crippen LogP contribution is -2.22. The first kappa shape index (κ1) is 21.0. The van der Waals surface area contributed by atoms with Crippen LogP contribution in [0.2, 0.25) is 0 Å². The number of likely N-dealkylation sites (tertiary alicyclic amines) is 1. The topological polar surface area (TPSA) is 85.2 Å². The second kappa shape index (κ2) is 9.26. The van der Waals surface area contributed by atoms with Crippen molar-refractivity contribution in [1.29, 1.82) is 0 Å². The van der Waals surface area contributed by atoms with Crippen LogP contribution in [-0.2, 0) is 17.9 Å². The van der Waals surface area contributed by atoms with E-state index in [9.17, 15) is 4.79 Å². The zero-order valence-electron chi connectivity index (χ0n) is 18.2. The lowest BCUT2D eigenvalue weighted by Gasteiger charge is -2.18. The molecule has 1 fully saturated rings. The molecule has 0 aliphatic carbocycles. The fourth-order valence-corrected chi connectivity index (χ4v) is 4.06. The Morgan fingerprint density at radius 2 is 1.94 bits per heavy atom. The third-order valence-electron chi connectivity index (χ3n) is 5.62.